The minimum Gasteiger partial charge on any atom is -0.337 e. The predicted molar refractivity (Wildman–Crippen MR) is 131 cm³/mol. The molecule has 1 amide bonds. The molecule has 8 heteroatoms. The lowest BCUT2D eigenvalue weighted by atomic mass is 10.1. The quantitative estimate of drug-likeness (QED) is 0.393. The number of halogens is 2. The second kappa shape index (κ2) is 8.83. The van der Waals surface area contributed by atoms with Crippen LogP contribution in [0.15, 0.2) is 36.5 Å². The summed E-state index contributed by atoms with van der Waals surface area (Å²) in [6.07, 6.45) is 7.30. The maximum absolute atomic E-state index is 13.3. The van der Waals surface area contributed by atoms with Crippen LogP contribution >= 0.6 is 34.2 Å². The molecule has 1 aromatic carbocycles. The Balaban J connectivity index is 1.62. The van der Waals surface area contributed by atoms with Crippen molar-refractivity contribution >= 4 is 40.1 Å². The lowest BCUT2D eigenvalue weighted by molar-refractivity contribution is 0.0719. The molecule has 32 heavy (non-hydrogen) atoms. The van der Waals surface area contributed by atoms with E-state index in [4.69, 9.17) is 16.6 Å². The van der Waals surface area contributed by atoms with Gasteiger partial charge in [0.05, 0.1) is 17.4 Å². The lowest BCUT2D eigenvalue weighted by Gasteiger charge is -2.25. The molecule has 0 radical (unpaired) electrons. The Bertz CT molecular complexity index is 1220. The number of rotatable bonds is 4. The Morgan fingerprint density at radius 2 is 1.94 bits per heavy atom. The van der Waals surface area contributed by atoms with Crippen LogP contribution in [0.3, 0.4) is 0 Å². The Kier molecular flexibility index (Phi) is 5.91. The zero-order valence-corrected chi connectivity index (χ0v) is 20.3. The number of carbonyl (C=O) groups is 1. The van der Waals surface area contributed by atoms with Gasteiger partial charge in [0.15, 0.2) is 5.69 Å². The van der Waals surface area contributed by atoms with Crippen LogP contribution < -0.4 is 0 Å². The third-order valence-corrected chi connectivity index (χ3v) is 7.28. The molecule has 1 aliphatic carbocycles. The van der Waals surface area contributed by atoms with Gasteiger partial charge in [-0.1, -0.05) is 11.6 Å². The number of carbonyl (C=O) groups excluding carboxylic acids is 1. The van der Waals surface area contributed by atoms with Crippen molar-refractivity contribution in [3.63, 3.8) is 0 Å². The summed E-state index contributed by atoms with van der Waals surface area (Å²) < 4.78 is 2.61. The highest BCUT2D eigenvalue weighted by atomic mass is 127. The van der Waals surface area contributed by atoms with E-state index in [2.05, 4.69) is 33.6 Å². The van der Waals surface area contributed by atoms with E-state index in [1.807, 2.05) is 29.2 Å². The van der Waals surface area contributed by atoms with Crippen molar-refractivity contribution in [3.8, 4) is 23.1 Å². The Hall–Kier alpha value is -2.44. The molecule has 2 fully saturated rings. The first-order chi connectivity index (χ1) is 15.6. The largest absolute Gasteiger partial charge is 0.337 e. The molecular formula is C24H21ClIN5O. The molecule has 3 aromatic rings. The number of nitrogens with zero attached hydrogens (tertiary/aromatic N) is 5. The zero-order valence-electron chi connectivity index (χ0n) is 17.4. The number of amides is 1. The van der Waals surface area contributed by atoms with Crippen molar-refractivity contribution in [2.24, 2.45) is 0 Å². The van der Waals surface area contributed by atoms with Crippen LogP contribution in [0.25, 0.3) is 17.1 Å². The molecule has 1 saturated heterocycles. The van der Waals surface area contributed by atoms with Crippen molar-refractivity contribution < 1.29 is 4.79 Å². The van der Waals surface area contributed by atoms with E-state index < -0.39 is 0 Å². The summed E-state index contributed by atoms with van der Waals surface area (Å²) in [5, 5.41) is 9.59. The topological polar surface area (TPSA) is 74.8 Å². The standard InChI is InChI=1S/C24H21ClIN5O/c25-22-21(24(32)30-10-2-1-3-11-30)29-23(16-6-7-17(13-27)19(26)12-16)31(22)18-8-9-20(28-14-18)15-4-5-15/h6-9,12,14-15H,1-5,10-11H2. The summed E-state index contributed by atoms with van der Waals surface area (Å²) in [6.45, 7) is 1.45. The first-order valence-corrected chi connectivity index (χ1v) is 12.3. The molecule has 2 aromatic heterocycles. The number of benzene rings is 1. The second-order valence-electron chi connectivity index (χ2n) is 8.29. The molecule has 6 nitrogen and oxygen atoms in total. The molecule has 0 spiro atoms. The Morgan fingerprint density at radius 3 is 2.56 bits per heavy atom. The fourth-order valence-corrected chi connectivity index (χ4v) is 5.04. The molecule has 0 unspecified atom stereocenters. The van der Waals surface area contributed by atoms with Crippen molar-refractivity contribution in [1.82, 2.24) is 19.4 Å². The molecule has 1 saturated carbocycles. The number of piperidine rings is 1. The Morgan fingerprint density at radius 1 is 1.16 bits per heavy atom. The first kappa shape index (κ1) is 21.4. The number of nitriles is 1. The fourth-order valence-electron chi connectivity index (χ4n) is 4.11. The summed E-state index contributed by atoms with van der Waals surface area (Å²) in [4.78, 5) is 24.5. The number of hydrogen-bond donors (Lipinski definition) is 0. The van der Waals surface area contributed by atoms with E-state index in [9.17, 15) is 10.1 Å². The molecule has 2 aliphatic rings. The summed E-state index contributed by atoms with van der Waals surface area (Å²) in [6, 6.07) is 11.7. The molecule has 1 aliphatic heterocycles. The third kappa shape index (κ3) is 4.02. The van der Waals surface area contributed by atoms with Gasteiger partial charge in [0, 0.05) is 33.8 Å². The highest BCUT2D eigenvalue weighted by Crippen LogP contribution is 2.39. The van der Waals surface area contributed by atoms with Crippen LogP contribution in [0.5, 0.6) is 0 Å². The lowest BCUT2D eigenvalue weighted by Crippen LogP contribution is -2.36. The van der Waals surface area contributed by atoms with Gasteiger partial charge in [0.25, 0.3) is 5.91 Å². The summed E-state index contributed by atoms with van der Waals surface area (Å²) in [5.41, 5.74) is 3.50. The second-order valence-corrected chi connectivity index (χ2v) is 9.81. The van der Waals surface area contributed by atoms with E-state index >= 15 is 0 Å². The normalized spacial score (nSPS) is 16.1. The molecule has 0 bridgehead atoms. The van der Waals surface area contributed by atoms with E-state index in [1.54, 1.807) is 16.8 Å². The van der Waals surface area contributed by atoms with Crippen LogP contribution in [0.2, 0.25) is 5.15 Å². The predicted octanol–water partition coefficient (Wildman–Crippen LogP) is 5.57. The van der Waals surface area contributed by atoms with Gasteiger partial charge in [-0.05, 0) is 85.0 Å². The summed E-state index contributed by atoms with van der Waals surface area (Å²) in [5.74, 6) is 0.984. The average Bonchev–Trinajstić information content (AvgIpc) is 3.62. The van der Waals surface area contributed by atoms with Crippen LogP contribution in [0.4, 0.5) is 0 Å². The van der Waals surface area contributed by atoms with E-state index in [1.165, 1.54) is 12.8 Å². The highest BCUT2D eigenvalue weighted by molar-refractivity contribution is 14.1. The molecular weight excluding hydrogens is 537 g/mol. The van der Waals surface area contributed by atoms with Crippen molar-refractivity contribution in [2.45, 2.75) is 38.0 Å². The summed E-state index contributed by atoms with van der Waals surface area (Å²) >= 11 is 8.95. The molecule has 0 N–H and O–H groups in total. The monoisotopic (exact) mass is 557 g/mol. The van der Waals surface area contributed by atoms with Crippen LogP contribution in [0.1, 0.15) is 59.8 Å². The summed E-state index contributed by atoms with van der Waals surface area (Å²) in [7, 11) is 0. The van der Waals surface area contributed by atoms with Crippen molar-refractivity contribution in [2.75, 3.05) is 13.1 Å². The molecule has 3 heterocycles. The number of pyridine rings is 1. The van der Waals surface area contributed by atoms with E-state index in [0.717, 1.165) is 52.9 Å². The van der Waals surface area contributed by atoms with Gasteiger partial charge in [-0.3, -0.25) is 14.3 Å². The SMILES string of the molecule is N#Cc1ccc(-c2nc(C(=O)N3CCCCC3)c(Cl)n2-c2ccc(C3CC3)nc2)cc1I. The molecule has 0 atom stereocenters. The number of aromatic nitrogens is 3. The van der Waals surface area contributed by atoms with Crippen LogP contribution in [0, 0.1) is 14.9 Å². The molecule has 162 valence electrons. The highest BCUT2D eigenvalue weighted by Gasteiger charge is 2.29. The van der Waals surface area contributed by atoms with Crippen molar-refractivity contribution in [1.29, 1.82) is 5.26 Å². The average molecular weight is 558 g/mol. The van der Waals surface area contributed by atoms with Gasteiger partial charge < -0.3 is 4.90 Å². The zero-order chi connectivity index (χ0) is 22.2. The Labute approximate surface area is 205 Å². The maximum Gasteiger partial charge on any atom is 0.275 e. The van der Waals surface area contributed by atoms with Crippen LogP contribution in [-0.4, -0.2) is 38.4 Å². The van der Waals surface area contributed by atoms with E-state index in [0.29, 0.717) is 17.3 Å². The van der Waals surface area contributed by atoms with Gasteiger partial charge in [-0.25, -0.2) is 4.98 Å². The number of likely N-dealkylation sites (tertiary alicyclic amines) is 1. The van der Waals surface area contributed by atoms with Crippen LogP contribution in [-0.2, 0) is 0 Å². The van der Waals surface area contributed by atoms with E-state index in [-0.39, 0.29) is 16.8 Å². The van der Waals surface area contributed by atoms with Gasteiger partial charge in [-0.15, -0.1) is 0 Å². The smallest absolute Gasteiger partial charge is 0.275 e. The fraction of sp³-hybridized carbons (Fsp3) is 0.333. The minimum absolute atomic E-state index is 0.138. The van der Waals surface area contributed by atoms with Crippen molar-refractivity contribution in [3.05, 3.63) is 62.2 Å². The minimum atomic E-state index is -0.138. The van der Waals surface area contributed by atoms with Gasteiger partial charge in [-0.2, -0.15) is 5.26 Å². The molecule has 5 rings (SSSR count). The van der Waals surface area contributed by atoms with Gasteiger partial charge in [0.2, 0.25) is 0 Å². The first-order valence-electron chi connectivity index (χ1n) is 10.8. The maximum atomic E-state index is 13.3. The van der Waals surface area contributed by atoms with Gasteiger partial charge >= 0.3 is 0 Å². The number of hydrogen-bond acceptors (Lipinski definition) is 4. The number of imidazole rings is 1. The van der Waals surface area contributed by atoms with Gasteiger partial charge in [0.1, 0.15) is 17.0 Å². The third-order valence-electron chi connectivity index (χ3n) is 6.04.